The summed E-state index contributed by atoms with van der Waals surface area (Å²) in [5, 5.41) is 9.49. The largest absolute Gasteiger partial charge is 0.480 e. The van der Waals surface area contributed by atoms with Crippen LogP contribution in [0.1, 0.15) is 24.8 Å². The fraction of sp³-hybridized carbons (Fsp3) is 0.474. The number of nitrogens with zero attached hydrogens (tertiary/aromatic N) is 5. The quantitative estimate of drug-likeness (QED) is 0.760. The molecule has 0 bridgehead atoms. The fourth-order valence-corrected chi connectivity index (χ4v) is 4.11. The Hall–Kier alpha value is -3.08. The van der Waals surface area contributed by atoms with Crippen LogP contribution in [0.15, 0.2) is 31.0 Å². The summed E-state index contributed by atoms with van der Waals surface area (Å²) < 4.78 is 12.8. The first kappa shape index (κ1) is 17.3. The molecule has 8 heteroatoms. The van der Waals surface area contributed by atoms with Gasteiger partial charge in [0.15, 0.2) is 0 Å². The normalized spacial score (nSPS) is 21.1. The second-order valence-electron chi connectivity index (χ2n) is 7.08. The Morgan fingerprint density at radius 1 is 1.41 bits per heavy atom. The summed E-state index contributed by atoms with van der Waals surface area (Å²) in [5.41, 5.74) is 0.814. The van der Waals surface area contributed by atoms with Crippen LogP contribution in [-0.2, 0) is 16.1 Å². The third-order valence-electron chi connectivity index (χ3n) is 5.56. The van der Waals surface area contributed by atoms with E-state index in [9.17, 15) is 10.1 Å². The van der Waals surface area contributed by atoms with Crippen LogP contribution >= 0.6 is 0 Å². The van der Waals surface area contributed by atoms with Crippen molar-refractivity contribution in [3.05, 3.63) is 36.5 Å². The highest BCUT2D eigenvalue weighted by molar-refractivity contribution is 5.79. The molecule has 140 valence electrons. The van der Waals surface area contributed by atoms with Crippen molar-refractivity contribution in [2.75, 3.05) is 25.1 Å². The van der Waals surface area contributed by atoms with Gasteiger partial charge < -0.3 is 18.9 Å². The predicted molar refractivity (Wildman–Crippen MR) is 96.1 cm³/mol. The van der Waals surface area contributed by atoms with Crippen molar-refractivity contribution in [2.45, 2.75) is 31.9 Å². The molecule has 27 heavy (non-hydrogen) atoms. The Morgan fingerprint density at radius 3 is 2.89 bits per heavy atom. The number of esters is 1. The lowest BCUT2D eigenvalue weighted by molar-refractivity contribution is -0.150. The highest BCUT2D eigenvalue weighted by Gasteiger charge is 2.50. The molecule has 0 aromatic carbocycles. The van der Waals surface area contributed by atoms with Crippen molar-refractivity contribution in [3.8, 4) is 11.9 Å². The van der Waals surface area contributed by atoms with Crippen molar-refractivity contribution in [3.63, 3.8) is 0 Å². The second kappa shape index (κ2) is 6.91. The van der Waals surface area contributed by atoms with Crippen molar-refractivity contribution in [1.82, 2.24) is 14.5 Å². The number of ether oxygens (including phenoxy) is 2. The molecule has 2 aromatic heterocycles. The molecule has 1 spiro atoms. The molecule has 2 aromatic rings. The van der Waals surface area contributed by atoms with Gasteiger partial charge in [0, 0.05) is 38.1 Å². The lowest BCUT2D eigenvalue weighted by Gasteiger charge is -2.38. The molecule has 4 heterocycles. The zero-order valence-corrected chi connectivity index (χ0v) is 15.2. The van der Waals surface area contributed by atoms with Gasteiger partial charge in [-0.25, -0.2) is 9.97 Å². The number of anilines is 1. The number of hydrogen-bond acceptors (Lipinski definition) is 7. The molecule has 2 aliphatic rings. The number of carbonyl (C=O) groups excluding carboxylic acids is 1. The van der Waals surface area contributed by atoms with Crippen LogP contribution in [-0.4, -0.2) is 46.8 Å². The smallest absolute Gasteiger partial charge is 0.312 e. The first-order valence-electron chi connectivity index (χ1n) is 9.00. The molecule has 2 saturated heterocycles. The number of aromatic nitrogens is 3. The van der Waals surface area contributed by atoms with Crippen molar-refractivity contribution in [2.24, 2.45) is 5.41 Å². The summed E-state index contributed by atoms with van der Waals surface area (Å²) in [6, 6.07) is 4.01. The minimum atomic E-state index is -0.425. The SMILES string of the molecule is COc1nccc(N2CCC3(CC2)CC(Cn2ccnc2)OC3=O)c1C#N. The minimum absolute atomic E-state index is 0.0971. The van der Waals surface area contributed by atoms with Gasteiger partial charge in [-0.05, 0) is 18.9 Å². The average molecular weight is 367 g/mol. The molecular formula is C19H21N5O3. The number of nitriles is 1. The molecular weight excluding hydrogens is 346 g/mol. The topological polar surface area (TPSA) is 93.3 Å². The fourth-order valence-electron chi connectivity index (χ4n) is 4.11. The molecule has 0 aliphatic carbocycles. The van der Waals surface area contributed by atoms with E-state index in [-0.39, 0.29) is 12.1 Å². The molecule has 0 radical (unpaired) electrons. The summed E-state index contributed by atoms with van der Waals surface area (Å²) in [6.07, 6.45) is 9.01. The van der Waals surface area contributed by atoms with Crippen LogP contribution in [0.2, 0.25) is 0 Å². The minimum Gasteiger partial charge on any atom is -0.480 e. The van der Waals surface area contributed by atoms with Gasteiger partial charge in [-0.15, -0.1) is 0 Å². The van der Waals surface area contributed by atoms with E-state index in [1.165, 1.54) is 7.11 Å². The maximum atomic E-state index is 12.6. The van der Waals surface area contributed by atoms with E-state index in [0.717, 1.165) is 12.1 Å². The molecule has 2 fully saturated rings. The zero-order chi connectivity index (χ0) is 18.9. The first-order valence-corrected chi connectivity index (χ1v) is 9.00. The van der Waals surface area contributed by atoms with E-state index in [1.807, 2.05) is 16.8 Å². The Bertz CT molecular complexity index is 866. The number of cyclic esters (lactones) is 1. The highest BCUT2D eigenvalue weighted by atomic mass is 16.6. The highest BCUT2D eigenvalue weighted by Crippen LogP contribution is 2.44. The van der Waals surface area contributed by atoms with Gasteiger partial charge >= 0.3 is 5.97 Å². The molecule has 0 N–H and O–H groups in total. The van der Waals surface area contributed by atoms with E-state index >= 15 is 0 Å². The van der Waals surface area contributed by atoms with Gasteiger partial charge in [0.2, 0.25) is 5.88 Å². The Balaban J connectivity index is 1.46. The second-order valence-corrected chi connectivity index (χ2v) is 7.08. The van der Waals surface area contributed by atoms with E-state index in [1.54, 1.807) is 18.7 Å². The number of pyridine rings is 1. The van der Waals surface area contributed by atoms with Gasteiger partial charge in [-0.3, -0.25) is 4.79 Å². The first-order chi connectivity index (χ1) is 13.1. The number of hydrogen-bond donors (Lipinski definition) is 0. The maximum absolute atomic E-state index is 12.6. The van der Waals surface area contributed by atoms with Gasteiger partial charge in [-0.1, -0.05) is 0 Å². The standard InChI is InChI=1S/C19H21N5O3/c1-26-17-15(11-20)16(2-5-22-17)24-7-3-19(4-8-24)10-14(27-18(19)25)12-23-9-6-21-13-23/h2,5-6,9,13-14H,3-4,7-8,10,12H2,1H3. The summed E-state index contributed by atoms with van der Waals surface area (Å²) >= 11 is 0. The van der Waals surface area contributed by atoms with E-state index in [2.05, 4.69) is 20.9 Å². The van der Waals surface area contributed by atoms with Crippen LogP contribution in [0.3, 0.4) is 0 Å². The third-order valence-corrected chi connectivity index (χ3v) is 5.56. The van der Waals surface area contributed by atoms with Crippen molar-refractivity contribution >= 4 is 11.7 Å². The summed E-state index contributed by atoms with van der Waals surface area (Å²) in [6.45, 7) is 2.01. The summed E-state index contributed by atoms with van der Waals surface area (Å²) in [5.74, 6) is 0.232. The van der Waals surface area contributed by atoms with Gasteiger partial charge in [0.05, 0.1) is 31.1 Å². The van der Waals surface area contributed by atoms with E-state index in [0.29, 0.717) is 43.9 Å². The maximum Gasteiger partial charge on any atom is 0.312 e. The molecule has 1 atom stereocenters. The lowest BCUT2D eigenvalue weighted by atomic mass is 9.76. The predicted octanol–water partition coefficient (Wildman–Crippen LogP) is 1.76. The molecule has 2 aliphatic heterocycles. The molecule has 8 nitrogen and oxygen atoms in total. The number of piperidine rings is 1. The molecule has 4 rings (SSSR count). The van der Waals surface area contributed by atoms with Crippen LogP contribution in [0.25, 0.3) is 0 Å². The third kappa shape index (κ3) is 3.10. The number of imidazole rings is 1. The van der Waals surface area contributed by atoms with Crippen LogP contribution in [0.4, 0.5) is 5.69 Å². The Labute approximate surface area is 157 Å². The summed E-state index contributed by atoms with van der Waals surface area (Å²) in [7, 11) is 1.51. The molecule has 0 amide bonds. The van der Waals surface area contributed by atoms with Crippen molar-refractivity contribution < 1.29 is 14.3 Å². The van der Waals surface area contributed by atoms with Gasteiger partial charge in [0.1, 0.15) is 17.7 Å². The van der Waals surface area contributed by atoms with Crippen LogP contribution in [0, 0.1) is 16.7 Å². The molecule has 0 saturated carbocycles. The number of carbonyl (C=O) groups is 1. The van der Waals surface area contributed by atoms with Crippen LogP contribution < -0.4 is 9.64 Å². The zero-order valence-electron chi connectivity index (χ0n) is 15.2. The summed E-state index contributed by atoms with van der Waals surface area (Å²) in [4.78, 5) is 22.9. The lowest BCUT2D eigenvalue weighted by Crippen LogP contribution is -2.42. The van der Waals surface area contributed by atoms with Crippen LogP contribution in [0.5, 0.6) is 5.88 Å². The number of rotatable bonds is 4. The van der Waals surface area contributed by atoms with E-state index < -0.39 is 5.41 Å². The van der Waals surface area contributed by atoms with Gasteiger partial charge in [-0.2, -0.15) is 5.26 Å². The Morgan fingerprint density at radius 2 is 2.22 bits per heavy atom. The Kier molecular flexibility index (Phi) is 4.44. The monoisotopic (exact) mass is 367 g/mol. The molecule has 1 unspecified atom stereocenters. The average Bonchev–Trinajstić information content (AvgIpc) is 3.30. The van der Waals surface area contributed by atoms with Gasteiger partial charge in [0.25, 0.3) is 0 Å². The number of methoxy groups -OCH3 is 1. The van der Waals surface area contributed by atoms with E-state index in [4.69, 9.17) is 9.47 Å². The van der Waals surface area contributed by atoms with Crippen molar-refractivity contribution in [1.29, 1.82) is 5.26 Å².